The Balaban J connectivity index is 4.42. The topological polar surface area (TPSA) is 108 Å². The molecule has 0 radical (unpaired) electrons. The number of esters is 2. The van der Waals surface area contributed by atoms with Crippen LogP contribution in [0, 0.1) is 0 Å². The average molecular weight is 781 g/mol. The van der Waals surface area contributed by atoms with Crippen LogP contribution in [0.3, 0.4) is 0 Å². The first-order chi connectivity index (χ1) is 26.0. The van der Waals surface area contributed by atoms with Crippen LogP contribution in [-0.4, -0.2) is 74.9 Å². The van der Waals surface area contributed by atoms with Crippen molar-refractivity contribution in [3.05, 3.63) is 60.8 Å². The number of carbonyl (C=O) groups is 2. The van der Waals surface area contributed by atoms with Crippen LogP contribution in [0.5, 0.6) is 0 Å². The third kappa shape index (κ3) is 39.4. The van der Waals surface area contributed by atoms with E-state index in [1.165, 1.54) is 25.7 Å². The maximum absolute atomic E-state index is 12.7. The lowest BCUT2D eigenvalue weighted by Gasteiger charge is -2.24. The molecule has 0 spiro atoms. The number of phosphoric ester groups is 1. The predicted molar refractivity (Wildman–Crippen MR) is 224 cm³/mol. The second-order valence-electron chi connectivity index (χ2n) is 15.0. The van der Waals surface area contributed by atoms with E-state index in [4.69, 9.17) is 18.5 Å². The molecule has 9 nitrogen and oxygen atoms in total. The van der Waals surface area contributed by atoms with Gasteiger partial charge in [0, 0.05) is 12.8 Å². The zero-order chi connectivity index (χ0) is 40.0. The number of rotatable bonds is 37. The summed E-state index contributed by atoms with van der Waals surface area (Å²) in [6.45, 7) is 4.20. The number of likely N-dealkylation sites (N-methyl/N-ethyl adjacent to an activating group) is 1. The Bertz CT molecular complexity index is 1110. The number of quaternary nitrogens is 1. The molecule has 0 aliphatic carbocycles. The average Bonchev–Trinajstić information content (AvgIpc) is 3.12. The molecule has 0 amide bonds. The lowest BCUT2D eigenvalue weighted by atomic mass is 10.1. The van der Waals surface area contributed by atoms with Gasteiger partial charge < -0.3 is 18.9 Å². The largest absolute Gasteiger partial charge is 0.472 e. The van der Waals surface area contributed by atoms with Crippen LogP contribution in [0.1, 0.15) is 155 Å². The minimum atomic E-state index is -4.38. The van der Waals surface area contributed by atoms with E-state index in [0.29, 0.717) is 17.4 Å². The fourth-order valence-electron chi connectivity index (χ4n) is 5.24. The van der Waals surface area contributed by atoms with Gasteiger partial charge in [-0.2, -0.15) is 0 Å². The number of phosphoric acid groups is 1. The molecule has 0 bridgehead atoms. The van der Waals surface area contributed by atoms with Crippen molar-refractivity contribution in [1.29, 1.82) is 0 Å². The minimum absolute atomic E-state index is 0.0244. The molecule has 0 heterocycles. The Hall–Kier alpha value is -2.29. The van der Waals surface area contributed by atoms with Crippen LogP contribution in [-0.2, 0) is 32.7 Å². The summed E-state index contributed by atoms with van der Waals surface area (Å²) in [6, 6.07) is 0. The summed E-state index contributed by atoms with van der Waals surface area (Å²) in [5.74, 6) is -0.832. The summed E-state index contributed by atoms with van der Waals surface area (Å²) in [5.41, 5.74) is 0. The summed E-state index contributed by atoms with van der Waals surface area (Å²) >= 11 is 0. The van der Waals surface area contributed by atoms with Crippen LogP contribution in [0.15, 0.2) is 60.8 Å². The number of hydrogen-bond donors (Lipinski definition) is 1. The van der Waals surface area contributed by atoms with E-state index in [2.05, 4.69) is 74.6 Å². The highest BCUT2D eigenvalue weighted by molar-refractivity contribution is 7.47. The molecule has 2 atom stereocenters. The molecule has 0 aliphatic heterocycles. The first-order valence-electron chi connectivity index (χ1n) is 21.0. The maximum atomic E-state index is 12.7. The fourth-order valence-corrected chi connectivity index (χ4v) is 5.98. The van der Waals surface area contributed by atoms with E-state index in [9.17, 15) is 19.0 Å². The fraction of sp³-hybridized carbons (Fsp3) is 0.727. The molecule has 0 aromatic rings. The van der Waals surface area contributed by atoms with Gasteiger partial charge in [-0.25, -0.2) is 4.57 Å². The second kappa shape index (κ2) is 36.4. The van der Waals surface area contributed by atoms with Crippen LogP contribution in [0.2, 0.25) is 0 Å². The van der Waals surface area contributed by atoms with Gasteiger partial charge in [-0.3, -0.25) is 18.6 Å². The van der Waals surface area contributed by atoms with Crippen LogP contribution in [0.25, 0.3) is 0 Å². The van der Waals surface area contributed by atoms with Crippen molar-refractivity contribution in [1.82, 2.24) is 0 Å². The van der Waals surface area contributed by atoms with Gasteiger partial charge in [-0.15, -0.1) is 0 Å². The van der Waals surface area contributed by atoms with E-state index >= 15 is 0 Å². The van der Waals surface area contributed by atoms with Gasteiger partial charge in [0.2, 0.25) is 0 Å². The number of hydrogen-bond acceptors (Lipinski definition) is 7. The predicted octanol–water partition coefficient (Wildman–Crippen LogP) is 11.7. The third-order valence-electron chi connectivity index (χ3n) is 8.51. The molecule has 2 unspecified atom stereocenters. The molecule has 0 aromatic heterocycles. The van der Waals surface area contributed by atoms with Crippen molar-refractivity contribution in [2.45, 2.75) is 161 Å². The normalized spacial score (nSPS) is 14.3. The van der Waals surface area contributed by atoms with E-state index in [-0.39, 0.29) is 32.0 Å². The molecular formula is C44H79NO8P+. The van der Waals surface area contributed by atoms with Gasteiger partial charge in [0.1, 0.15) is 19.8 Å². The highest BCUT2D eigenvalue weighted by Crippen LogP contribution is 2.43. The standard InChI is InChI=1S/C44H78NO8P/c1-6-8-10-12-14-16-18-20-21-22-23-25-27-29-31-33-35-37-44(47)53-42(41-52-54(48,49)51-39-38-45(3,4)5)40-50-43(46)36-34-32-30-28-26-24-19-17-15-13-11-9-7-2/h8,10-11,13-14,16-17,19-21,42H,6-7,9,12,15,18,22-41H2,1-5H3/p+1/b10-8-,13-11-,16-14-,19-17-,21-20-. The van der Waals surface area contributed by atoms with Crippen molar-refractivity contribution in [3.8, 4) is 0 Å². The number of carbonyl (C=O) groups excluding carboxylic acids is 2. The Morgan fingerprint density at radius 1 is 0.593 bits per heavy atom. The molecule has 0 fully saturated rings. The van der Waals surface area contributed by atoms with E-state index in [1.54, 1.807) is 0 Å². The maximum Gasteiger partial charge on any atom is 0.472 e. The summed E-state index contributed by atoms with van der Waals surface area (Å²) in [5, 5.41) is 0. The molecule has 0 aliphatic rings. The number of ether oxygens (including phenoxy) is 2. The summed E-state index contributed by atoms with van der Waals surface area (Å²) in [6.07, 6.45) is 42.6. The lowest BCUT2D eigenvalue weighted by Crippen LogP contribution is -2.37. The smallest absolute Gasteiger partial charge is 0.462 e. The Morgan fingerprint density at radius 3 is 1.57 bits per heavy atom. The van der Waals surface area contributed by atoms with Crippen molar-refractivity contribution in [2.24, 2.45) is 0 Å². The zero-order valence-electron chi connectivity index (χ0n) is 34.9. The van der Waals surface area contributed by atoms with Gasteiger partial charge in [0.25, 0.3) is 0 Å². The Morgan fingerprint density at radius 2 is 1.06 bits per heavy atom. The van der Waals surface area contributed by atoms with Gasteiger partial charge in [-0.05, 0) is 70.6 Å². The summed E-state index contributed by atoms with van der Waals surface area (Å²) in [7, 11) is 1.45. The quantitative estimate of drug-likeness (QED) is 0.0218. The Kier molecular flexibility index (Phi) is 34.8. The third-order valence-corrected chi connectivity index (χ3v) is 9.50. The Labute approximate surface area is 330 Å². The van der Waals surface area contributed by atoms with Crippen LogP contribution in [0.4, 0.5) is 0 Å². The molecule has 0 saturated heterocycles. The first-order valence-corrected chi connectivity index (χ1v) is 22.5. The van der Waals surface area contributed by atoms with E-state index in [1.807, 2.05) is 21.1 Å². The summed E-state index contributed by atoms with van der Waals surface area (Å²) < 4.78 is 34.2. The zero-order valence-corrected chi connectivity index (χ0v) is 35.8. The SMILES string of the molecule is CC/C=C\C/C=C\C/C=C\CCCCCCCCCC(=O)OC(COC(=O)CCCCCCC/C=C\C/C=C\CCC)COP(=O)(O)OCC[N+](C)(C)C. The van der Waals surface area contributed by atoms with Crippen LogP contribution < -0.4 is 0 Å². The highest BCUT2D eigenvalue weighted by Gasteiger charge is 2.27. The molecule has 0 aromatic carbocycles. The van der Waals surface area contributed by atoms with Gasteiger partial charge in [-0.1, -0.05) is 132 Å². The van der Waals surface area contributed by atoms with Crippen molar-refractivity contribution >= 4 is 19.8 Å². The molecule has 54 heavy (non-hydrogen) atoms. The van der Waals surface area contributed by atoms with Gasteiger partial charge in [0.15, 0.2) is 6.10 Å². The highest BCUT2D eigenvalue weighted by atomic mass is 31.2. The molecule has 0 saturated carbocycles. The molecular weight excluding hydrogens is 701 g/mol. The number of nitrogens with zero attached hydrogens (tertiary/aromatic N) is 1. The lowest BCUT2D eigenvalue weighted by molar-refractivity contribution is -0.870. The monoisotopic (exact) mass is 781 g/mol. The van der Waals surface area contributed by atoms with Crippen molar-refractivity contribution in [3.63, 3.8) is 0 Å². The van der Waals surface area contributed by atoms with E-state index in [0.717, 1.165) is 96.3 Å². The molecule has 0 rings (SSSR count). The molecule has 10 heteroatoms. The van der Waals surface area contributed by atoms with Crippen molar-refractivity contribution < 1.29 is 42.1 Å². The minimum Gasteiger partial charge on any atom is -0.462 e. The van der Waals surface area contributed by atoms with Crippen molar-refractivity contribution in [2.75, 3.05) is 47.5 Å². The molecule has 1 N–H and O–H groups in total. The molecule has 312 valence electrons. The first kappa shape index (κ1) is 51.7. The van der Waals surface area contributed by atoms with Gasteiger partial charge >= 0.3 is 19.8 Å². The number of unbranched alkanes of at least 4 members (excludes halogenated alkanes) is 13. The van der Waals surface area contributed by atoms with E-state index < -0.39 is 26.5 Å². The van der Waals surface area contributed by atoms with Gasteiger partial charge in [0.05, 0.1) is 27.7 Å². The second-order valence-corrected chi connectivity index (χ2v) is 16.4. The summed E-state index contributed by atoms with van der Waals surface area (Å²) in [4.78, 5) is 35.3. The van der Waals surface area contributed by atoms with Crippen LogP contribution >= 0.6 is 7.82 Å². The number of allylic oxidation sites excluding steroid dienone is 10.